The number of carbonyl (C=O) groups is 1. The smallest absolute Gasteiger partial charge is 0.258 e. The first-order valence-electron chi connectivity index (χ1n) is 6.51. The van der Waals surface area contributed by atoms with Gasteiger partial charge in [-0.3, -0.25) is 4.79 Å². The molecule has 1 aliphatic rings. The molecule has 1 N–H and O–H groups in total. The standard InChI is InChI=1S/C16H16N2OS/c1-3-10-18-15(19)12-7-4-5-8-13(12)17-16(18,2)14-9-6-11-20-14/h3-9,11,17H,1,10H2,2H3. The van der Waals surface area contributed by atoms with Crippen molar-refractivity contribution in [2.45, 2.75) is 12.6 Å². The van der Waals surface area contributed by atoms with E-state index in [-0.39, 0.29) is 5.91 Å². The van der Waals surface area contributed by atoms with Crippen LogP contribution in [0.5, 0.6) is 0 Å². The lowest BCUT2D eigenvalue weighted by Crippen LogP contribution is -2.55. The molecule has 102 valence electrons. The molecule has 0 spiro atoms. The first-order chi connectivity index (χ1) is 9.66. The summed E-state index contributed by atoms with van der Waals surface area (Å²) < 4.78 is 0. The predicted molar refractivity (Wildman–Crippen MR) is 83.0 cm³/mol. The number of hydrogen-bond acceptors (Lipinski definition) is 3. The predicted octanol–water partition coefficient (Wildman–Crippen LogP) is 3.67. The Morgan fingerprint density at radius 3 is 2.85 bits per heavy atom. The van der Waals surface area contributed by atoms with Gasteiger partial charge in [-0.1, -0.05) is 24.3 Å². The van der Waals surface area contributed by atoms with E-state index in [2.05, 4.69) is 18.0 Å². The summed E-state index contributed by atoms with van der Waals surface area (Å²) in [7, 11) is 0. The summed E-state index contributed by atoms with van der Waals surface area (Å²) in [6, 6.07) is 11.7. The van der Waals surface area contributed by atoms with Crippen LogP contribution in [0.1, 0.15) is 22.2 Å². The number of nitrogens with one attached hydrogen (secondary N) is 1. The van der Waals surface area contributed by atoms with Crippen molar-refractivity contribution < 1.29 is 4.79 Å². The van der Waals surface area contributed by atoms with Crippen molar-refractivity contribution in [1.82, 2.24) is 4.90 Å². The number of thiophene rings is 1. The van der Waals surface area contributed by atoms with E-state index < -0.39 is 5.66 Å². The van der Waals surface area contributed by atoms with Crippen molar-refractivity contribution in [1.29, 1.82) is 0 Å². The summed E-state index contributed by atoms with van der Waals surface area (Å²) in [6.45, 7) is 6.32. The lowest BCUT2D eigenvalue weighted by atomic mass is 9.99. The number of nitrogens with zero attached hydrogens (tertiary/aromatic N) is 1. The summed E-state index contributed by atoms with van der Waals surface area (Å²) >= 11 is 1.64. The molecule has 0 radical (unpaired) electrons. The van der Waals surface area contributed by atoms with Crippen molar-refractivity contribution in [3.05, 3.63) is 64.9 Å². The minimum atomic E-state index is -0.534. The number of amides is 1. The van der Waals surface area contributed by atoms with Crippen LogP contribution in [0.15, 0.2) is 54.4 Å². The van der Waals surface area contributed by atoms with Gasteiger partial charge in [0, 0.05) is 12.2 Å². The average Bonchev–Trinajstić information content (AvgIpc) is 2.98. The zero-order valence-corrected chi connectivity index (χ0v) is 12.1. The number of carbonyl (C=O) groups excluding carboxylic acids is 1. The van der Waals surface area contributed by atoms with E-state index in [9.17, 15) is 4.79 Å². The Hall–Kier alpha value is -2.07. The normalized spacial score (nSPS) is 21.2. The SMILES string of the molecule is C=CCN1C(=O)c2ccccc2NC1(C)c1cccs1. The fourth-order valence-electron chi connectivity index (χ4n) is 2.60. The summed E-state index contributed by atoms with van der Waals surface area (Å²) in [5.41, 5.74) is 1.06. The fraction of sp³-hybridized carbons (Fsp3) is 0.188. The van der Waals surface area contributed by atoms with Crippen molar-refractivity contribution in [3.8, 4) is 0 Å². The van der Waals surface area contributed by atoms with Gasteiger partial charge < -0.3 is 10.2 Å². The molecule has 1 atom stereocenters. The van der Waals surface area contributed by atoms with Gasteiger partial charge in [0.1, 0.15) is 5.66 Å². The molecule has 0 saturated carbocycles. The second-order valence-corrected chi connectivity index (χ2v) is 5.87. The maximum atomic E-state index is 12.8. The number of anilines is 1. The molecule has 0 bridgehead atoms. The molecule has 1 aliphatic heterocycles. The van der Waals surface area contributed by atoms with Crippen LogP contribution in [-0.4, -0.2) is 17.4 Å². The highest BCUT2D eigenvalue weighted by atomic mass is 32.1. The molecule has 1 amide bonds. The fourth-order valence-corrected chi connectivity index (χ4v) is 3.45. The molecule has 2 heterocycles. The Balaban J connectivity index is 2.14. The van der Waals surface area contributed by atoms with E-state index in [0.29, 0.717) is 12.1 Å². The average molecular weight is 284 g/mol. The molecular weight excluding hydrogens is 268 g/mol. The molecule has 2 aromatic rings. The third-order valence-corrected chi connectivity index (χ3v) is 4.71. The molecule has 4 heteroatoms. The van der Waals surface area contributed by atoms with Crippen LogP contribution in [0.3, 0.4) is 0 Å². The number of benzene rings is 1. The van der Waals surface area contributed by atoms with Crippen LogP contribution in [0, 0.1) is 0 Å². The van der Waals surface area contributed by atoms with Crippen molar-refractivity contribution >= 4 is 22.9 Å². The molecule has 3 rings (SSSR count). The Morgan fingerprint density at radius 2 is 2.15 bits per heavy atom. The monoisotopic (exact) mass is 284 g/mol. The van der Waals surface area contributed by atoms with Gasteiger partial charge in [0.2, 0.25) is 0 Å². The minimum absolute atomic E-state index is 0.0372. The summed E-state index contributed by atoms with van der Waals surface area (Å²) in [5, 5.41) is 5.54. The lowest BCUT2D eigenvalue weighted by Gasteiger charge is -2.45. The first-order valence-corrected chi connectivity index (χ1v) is 7.39. The van der Waals surface area contributed by atoms with Gasteiger partial charge >= 0.3 is 0 Å². The highest BCUT2D eigenvalue weighted by Crippen LogP contribution is 2.39. The molecule has 1 unspecified atom stereocenters. The van der Waals surface area contributed by atoms with Crippen LogP contribution in [0.25, 0.3) is 0 Å². The van der Waals surface area contributed by atoms with E-state index >= 15 is 0 Å². The molecular formula is C16H16N2OS. The van der Waals surface area contributed by atoms with Crippen LogP contribution in [-0.2, 0) is 5.66 Å². The second-order valence-electron chi connectivity index (χ2n) is 4.92. The number of hydrogen-bond donors (Lipinski definition) is 1. The molecule has 1 aromatic heterocycles. The van der Waals surface area contributed by atoms with Gasteiger partial charge in [-0.25, -0.2) is 0 Å². The van der Waals surface area contributed by atoms with Crippen LogP contribution in [0.4, 0.5) is 5.69 Å². The quantitative estimate of drug-likeness (QED) is 0.872. The zero-order valence-electron chi connectivity index (χ0n) is 11.3. The van der Waals surface area contributed by atoms with E-state index in [0.717, 1.165) is 10.6 Å². The van der Waals surface area contributed by atoms with Crippen LogP contribution >= 0.6 is 11.3 Å². The Bertz CT molecular complexity index is 650. The first kappa shape index (κ1) is 12.9. The summed E-state index contributed by atoms with van der Waals surface area (Å²) in [5.74, 6) is 0.0372. The molecule has 20 heavy (non-hydrogen) atoms. The van der Waals surface area contributed by atoms with E-state index in [1.54, 1.807) is 17.4 Å². The van der Waals surface area contributed by atoms with Gasteiger partial charge in [0.05, 0.1) is 10.4 Å². The molecule has 0 saturated heterocycles. The van der Waals surface area contributed by atoms with E-state index in [4.69, 9.17) is 0 Å². The zero-order chi connectivity index (χ0) is 14.2. The maximum Gasteiger partial charge on any atom is 0.258 e. The Labute approximate surface area is 122 Å². The highest BCUT2D eigenvalue weighted by molar-refractivity contribution is 7.10. The van der Waals surface area contributed by atoms with Gasteiger partial charge in [-0.15, -0.1) is 17.9 Å². The summed E-state index contributed by atoms with van der Waals surface area (Å²) in [4.78, 5) is 15.7. The van der Waals surface area contributed by atoms with Gasteiger partial charge in [-0.2, -0.15) is 0 Å². The maximum absolute atomic E-state index is 12.8. The molecule has 1 aromatic carbocycles. The topological polar surface area (TPSA) is 32.3 Å². The third-order valence-electron chi connectivity index (χ3n) is 3.63. The molecule has 3 nitrogen and oxygen atoms in total. The Kier molecular flexibility index (Phi) is 3.10. The van der Waals surface area contributed by atoms with Crippen molar-refractivity contribution in [3.63, 3.8) is 0 Å². The van der Waals surface area contributed by atoms with Crippen LogP contribution in [0.2, 0.25) is 0 Å². The molecule has 0 fully saturated rings. The minimum Gasteiger partial charge on any atom is -0.358 e. The number of rotatable bonds is 3. The lowest BCUT2D eigenvalue weighted by molar-refractivity contribution is 0.0579. The summed E-state index contributed by atoms with van der Waals surface area (Å²) in [6.07, 6.45) is 1.76. The van der Waals surface area contributed by atoms with Gasteiger partial charge in [0.25, 0.3) is 5.91 Å². The number of para-hydroxylation sites is 1. The largest absolute Gasteiger partial charge is 0.358 e. The van der Waals surface area contributed by atoms with Crippen molar-refractivity contribution in [2.75, 3.05) is 11.9 Å². The van der Waals surface area contributed by atoms with Gasteiger partial charge in [-0.05, 0) is 30.5 Å². The third kappa shape index (κ3) is 1.84. The Morgan fingerprint density at radius 1 is 1.35 bits per heavy atom. The highest BCUT2D eigenvalue weighted by Gasteiger charge is 2.42. The van der Waals surface area contributed by atoms with Crippen LogP contribution < -0.4 is 5.32 Å². The van der Waals surface area contributed by atoms with E-state index in [1.807, 2.05) is 47.5 Å². The number of fused-ring (bicyclic) bond motifs is 1. The van der Waals surface area contributed by atoms with Crippen molar-refractivity contribution in [2.24, 2.45) is 0 Å². The van der Waals surface area contributed by atoms with Gasteiger partial charge in [0.15, 0.2) is 0 Å². The molecule has 0 aliphatic carbocycles. The second kappa shape index (κ2) is 4.80. The van der Waals surface area contributed by atoms with E-state index in [1.165, 1.54) is 0 Å².